The Morgan fingerprint density at radius 1 is 1.33 bits per heavy atom. The topological polar surface area (TPSA) is 38.7 Å². The first-order valence-corrected chi connectivity index (χ1v) is 5.23. The molecule has 0 saturated carbocycles. The smallest absolute Gasteiger partial charge is 0.115 e. The Kier molecular flexibility index (Phi) is 2.93. The summed E-state index contributed by atoms with van der Waals surface area (Å²) < 4.78 is 11.2. The van der Waals surface area contributed by atoms with Gasteiger partial charge in [0.25, 0.3) is 0 Å². The van der Waals surface area contributed by atoms with Gasteiger partial charge in [-0.25, -0.2) is 0 Å². The number of rotatable bonds is 3. The van der Waals surface area contributed by atoms with Crippen LogP contribution in [0.5, 0.6) is 5.75 Å². The molecule has 1 N–H and O–H groups in total. The molecule has 1 aromatic carbocycles. The molecule has 1 aromatic rings. The van der Waals surface area contributed by atoms with E-state index in [-0.39, 0.29) is 24.1 Å². The zero-order valence-electron chi connectivity index (χ0n) is 9.01. The monoisotopic (exact) mass is 208 g/mol. The third-order valence-corrected chi connectivity index (χ3v) is 2.45. The first-order valence-electron chi connectivity index (χ1n) is 5.23. The van der Waals surface area contributed by atoms with Gasteiger partial charge in [-0.2, -0.15) is 0 Å². The van der Waals surface area contributed by atoms with Gasteiger partial charge in [0, 0.05) is 0 Å². The van der Waals surface area contributed by atoms with Crippen molar-refractivity contribution in [2.75, 3.05) is 6.61 Å². The van der Waals surface area contributed by atoms with E-state index in [1.54, 1.807) is 12.1 Å². The fourth-order valence-corrected chi connectivity index (χ4v) is 1.71. The summed E-state index contributed by atoms with van der Waals surface area (Å²) in [6, 6.07) is 7.08. The van der Waals surface area contributed by atoms with Crippen LogP contribution in [0, 0.1) is 0 Å². The molecule has 2 unspecified atom stereocenters. The molecule has 0 spiro atoms. The summed E-state index contributed by atoms with van der Waals surface area (Å²) >= 11 is 0. The van der Waals surface area contributed by atoms with Crippen molar-refractivity contribution in [3.8, 4) is 5.75 Å². The van der Waals surface area contributed by atoms with Crippen molar-refractivity contribution < 1.29 is 14.6 Å². The second-order valence-electron chi connectivity index (χ2n) is 4.07. The Morgan fingerprint density at radius 3 is 2.47 bits per heavy atom. The van der Waals surface area contributed by atoms with Crippen LogP contribution in [0.15, 0.2) is 24.3 Å². The summed E-state index contributed by atoms with van der Waals surface area (Å²) in [5.74, 6) is 0.277. The molecule has 1 aliphatic rings. The Morgan fingerprint density at radius 2 is 2.00 bits per heavy atom. The molecule has 15 heavy (non-hydrogen) atoms. The Bertz CT molecular complexity index is 318. The zero-order chi connectivity index (χ0) is 10.8. The second-order valence-corrected chi connectivity index (χ2v) is 4.07. The molecular weight excluding hydrogens is 192 g/mol. The largest absolute Gasteiger partial charge is 0.508 e. The fourth-order valence-electron chi connectivity index (χ4n) is 1.71. The van der Waals surface area contributed by atoms with E-state index in [1.807, 2.05) is 26.0 Å². The molecule has 1 fully saturated rings. The van der Waals surface area contributed by atoms with Crippen LogP contribution in [0.2, 0.25) is 0 Å². The minimum Gasteiger partial charge on any atom is -0.508 e. The van der Waals surface area contributed by atoms with Crippen molar-refractivity contribution in [2.45, 2.75) is 32.2 Å². The van der Waals surface area contributed by atoms with Gasteiger partial charge in [-0.3, -0.25) is 0 Å². The molecule has 0 aliphatic carbocycles. The maximum Gasteiger partial charge on any atom is 0.115 e. The lowest BCUT2D eigenvalue weighted by Gasteiger charge is -2.37. The van der Waals surface area contributed by atoms with Gasteiger partial charge in [-0.05, 0) is 31.5 Å². The molecule has 0 bridgehead atoms. The van der Waals surface area contributed by atoms with E-state index in [1.165, 1.54) is 0 Å². The Balaban J connectivity index is 2.02. The van der Waals surface area contributed by atoms with Gasteiger partial charge in [0.05, 0.1) is 12.7 Å². The predicted molar refractivity (Wildman–Crippen MR) is 56.8 cm³/mol. The van der Waals surface area contributed by atoms with E-state index in [0.717, 1.165) is 5.56 Å². The standard InChI is InChI=1S/C12H16O3/c1-8(2)15-11-7-14-12(11)9-3-5-10(13)6-4-9/h3-6,8,11-13H,7H2,1-2H3. The number of phenols is 1. The van der Waals surface area contributed by atoms with E-state index >= 15 is 0 Å². The van der Waals surface area contributed by atoms with Crippen molar-refractivity contribution in [3.05, 3.63) is 29.8 Å². The first-order chi connectivity index (χ1) is 7.16. The highest BCUT2D eigenvalue weighted by Gasteiger charge is 2.34. The molecule has 1 aliphatic heterocycles. The number of ether oxygens (including phenoxy) is 2. The van der Waals surface area contributed by atoms with E-state index < -0.39 is 0 Å². The van der Waals surface area contributed by atoms with Gasteiger partial charge in [0.1, 0.15) is 18.0 Å². The van der Waals surface area contributed by atoms with Gasteiger partial charge >= 0.3 is 0 Å². The molecule has 2 atom stereocenters. The Hall–Kier alpha value is -1.06. The fraction of sp³-hybridized carbons (Fsp3) is 0.500. The minimum atomic E-state index is 0.0213. The van der Waals surface area contributed by atoms with E-state index in [4.69, 9.17) is 14.6 Å². The lowest BCUT2D eigenvalue weighted by Crippen LogP contribution is -2.41. The average Bonchev–Trinajstić information content (AvgIpc) is 2.16. The number of benzene rings is 1. The van der Waals surface area contributed by atoms with Crippen molar-refractivity contribution in [1.82, 2.24) is 0 Å². The van der Waals surface area contributed by atoms with Gasteiger partial charge in [-0.15, -0.1) is 0 Å². The van der Waals surface area contributed by atoms with Crippen LogP contribution in [0.25, 0.3) is 0 Å². The van der Waals surface area contributed by atoms with Crippen LogP contribution in [0.3, 0.4) is 0 Å². The minimum absolute atomic E-state index is 0.0213. The average molecular weight is 208 g/mol. The molecule has 1 saturated heterocycles. The van der Waals surface area contributed by atoms with Crippen LogP contribution in [-0.2, 0) is 9.47 Å². The highest BCUT2D eigenvalue weighted by Crippen LogP contribution is 2.33. The Labute approximate surface area is 89.6 Å². The molecule has 0 radical (unpaired) electrons. The lowest BCUT2D eigenvalue weighted by molar-refractivity contribution is -0.204. The maximum atomic E-state index is 9.17. The summed E-state index contributed by atoms with van der Waals surface area (Å²) in [4.78, 5) is 0. The third kappa shape index (κ3) is 2.30. The summed E-state index contributed by atoms with van der Waals surface area (Å²) in [6.07, 6.45) is 0.390. The van der Waals surface area contributed by atoms with Gasteiger partial charge < -0.3 is 14.6 Å². The highest BCUT2D eigenvalue weighted by molar-refractivity contribution is 5.28. The summed E-state index contributed by atoms with van der Waals surface area (Å²) in [5, 5.41) is 9.17. The van der Waals surface area contributed by atoms with Gasteiger partial charge in [0.15, 0.2) is 0 Å². The van der Waals surface area contributed by atoms with Crippen molar-refractivity contribution in [3.63, 3.8) is 0 Å². The molecule has 3 nitrogen and oxygen atoms in total. The molecule has 0 aromatic heterocycles. The second kappa shape index (κ2) is 4.21. The lowest BCUT2D eigenvalue weighted by atomic mass is 10.0. The first kappa shape index (κ1) is 10.5. The van der Waals surface area contributed by atoms with Gasteiger partial charge in [0.2, 0.25) is 0 Å². The summed E-state index contributed by atoms with van der Waals surface area (Å²) in [5.41, 5.74) is 1.06. The number of aromatic hydroxyl groups is 1. The molecule has 0 amide bonds. The molecule has 2 rings (SSSR count). The van der Waals surface area contributed by atoms with Crippen LogP contribution in [-0.4, -0.2) is 23.9 Å². The number of hydrogen-bond donors (Lipinski definition) is 1. The third-order valence-electron chi connectivity index (χ3n) is 2.45. The van der Waals surface area contributed by atoms with Crippen molar-refractivity contribution >= 4 is 0 Å². The maximum absolute atomic E-state index is 9.17. The van der Waals surface area contributed by atoms with Gasteiger partial charge in [-0.1, -0.05) is 12.1 Å². The number of hydrogen-bond acceptors (Lipinski definition) is 3. The SMILES string of the molecule is CC(C)OC1COC1c1ccc(O)cc1. The molecular formula is C12H16O3. The van der Waals surface area contributed by atoms with Crippen molar-refractivity contribution in [1.29, 1.82) is 0 Å². The summed E-state index contributed by atoms with van der Waals surface area (Å²) in [7, 11) is 0. The van der Waals surface area contributed by atoms with Crippen LogP contribution >= 0.6 is 0 Å². The number of phenolic OH excluding ortho intramolecular Hbond substituents is 1. The molecule has 3 heteroatoms. The van der Waals surface area contributed by atoms with Crippen LogP contribution < -0.4 is 0 Å². The molecule has 1 heterocycles. The zero-order valence-corrected chi connectivity index (χ0v) is 9.01. The van der Waals surface area contributed by atoms with Crippen LogP contribution in [0.1, 0.15) is 25.5 Å². The predicted octanol–water partition coefficient (Wildman–Crippen LogP) is 2.26. The van der Waals surface area contributed by atoms with E-state index in [2.05, 4.69) is 0 Å². The summed E-state index contributed by atoms with van der Waals surface area (Å²) in [6.45, 7) is 4.70. The quantitative estimate of drug-likeness (QED) is 0.828. The van der Waals surface area contributed by atoms with Crippen molar-refractivity contribution in [2.24, 2.45) is 0 Å². The normalized spacial score (nSPS) is 25.3. The van der Waals surface area contributed by atoms with E-state index in [9.17, 15) is 0 Å². The highest BCUT2D eigenvalue weighted by atomic mass is 16.6. The van der Waals surface area contributed by atoms with Crippen LogP contribution in [0.4, 0.5) is 0 Å². The molecule has 82 valence electrons. The van der Waals surface area contributed by atoms with E-state index in [0.29, 0.717) is 6.61 Å².